The van der Waals surface area contributed by atoms with Crippen molar-refractivity contribution >= 4 is 5.97 Å². The van der Waals surface area contributed by atoms with E-state index in [1.165, 1.54) is 32.1 Å². The Morgan fingerprint density at radius 3 is 2.52 bits per heavy atom. The summed E-state index contributed by atoms with van der Waals surface area (Å²) < 4.78 is 11.0. The lowest BCUT2D eigenvalue weighted by molar-refractivity contribution is -0.151. The number of hydrogen-bond acceptors (Lipinski definition) is 3. The van der Waals surface area contributed by atoms with Gasteiger partial charge >= 0.3 is 5.97 Å². The predicted molar refractivity (Wildman–Crippen MR) is 95.3 cm³/mol. The van der Waals surface area contributed by atoms with Crippen LogP contribution in [-0.2, 0) is 14.3 Å². The van der Waals surface area contributed by atoms with Crippen LogP contribution in [0.3, 0.4) is 0 Å². The number of hydrogen-bond donors (Lipinski definition) is 0. The molecule has 0 saturated heterocycles. The normalized spacial score (nSPS) is 20.2. The molecular weight excluding hydrogens is 288 g/mol. The molecule has 0 bridgehead atoms. The van der Waals surface area contributed by atoms with Crippen LogP contribution in [0.15, 0.2) is 36.5 Å². The van der Waals surface area contributed by atoms with E-state index in [1.807, 2.05) is 24.3 Å². The number of ether oxygens (including phenoxy) is 2. The van der Waals surface area contributed by atoms with E-state index < -0.39 is 0 Å². The standard InChI is InChI=1S/C20H32O3/c1-4-6-7-8-9-10-11-13-20(21)23-18-15-14-17(12-5-2)16-19(18)22-3/h5,14-16,18-19H,2,4,6-13H2,1,3H3. The van der Waals surface area contributed by atoms with Gasteiger partial charge in [-0.1, -0.05) is 57.6 Å². The van der Waals surface area contributed by atoms with Crippen molar-refractivity contribution in [1.29, 1.82) is 0 Å². The largest absolute Gasteiger partial charge is 0.455 e. The van der Waals surface area contributed by atoms with E-state index >= 15 is 0 Å². The molecule has 0 aromatic rings. The molecule has 3 nitrogen and oxygen atoms in total. The molecule has 1 aliphatic rings. The summed E-state index contributed by atoms with van der Waals surface area (Å²) >= 11 is 0. The number of carbonyl (C=O) groups excluding carboxylic acids is 1. The first-order chi connectivity index (χ1) is 11.2. The molecule has 3 heteroatoms. The van der Waals surface area contributed by atoms with Gasteiger partial charge in [0.05, 0.1) is 0 Å². The van der Waals surface area contributed by atoms with Gasteiger partial charge in [-0.25, -0.2) is 0 Å². The first-order valence-electron chi connectivity index (χ1n) is 8.93. The van der Waals surface area contributed by atoms with Gasteiger partial charge in [-0.15, -0.1) is 6.58 Å². The summed E-state index contributed by atoms with van der Waals surface area (Å²) in [5.74, 6) is -0.129. The van der Waals surface area contributed by atoms with E-state index in [9.17, 15) is 4.79 Å². The molecule has 0 heterocycles. The molecule has 0 N–H and O–H groups in total. The van der Waals surface area contributed by atoms with E-state index in [1.54, 1.807) is 7.11 Å². The van der Waals surface area contributed by atoms with Gasteiger partial charge in [0.25, 0.3) is 0 Å². The summed E-state index contributed by atoms with van der Waals surface area (Å²) in [7, 11) is 1.64. The molecule has 0 aromatic carbocycles. The van der Waals surface area contributed by atoms with Crippen LogP contribution in [0.2, 0.25) is 0 Å². The van der Waals surface area contributed by atoms with Crippen molar-refractivity contribution < 1.29 is 14.3 Å². The Labute approximate surface area is 141 Å². The molecule has 1 rings (SSSR count). The summed E-state index contributed by atoms with van der Waals surface area (Å²) in [6, 6.07) is 0. The minimum absolute atomic E-state index is 0.129. The Bertz CT molecular complexity index is 409. The van der Waals surface area contributed by atoms with Gasteiger partial charge in [-0.2, -0.15) is 0 Å². The lowest BCUT2D eigenvalue weighted by Crippen LogP contribution is -2.31. The molecule has 0 amide bonds. The Morgan fingerprint density at radius 1 is 1.17 bits per heavy atom. The van der Waals surface area contributed by atoms with E-state index in [0.29, 0.717) is 6.42 Å². The van der Waals surface area contributed by atoms with Crippen molar-refractivity contribution in [3.05, 3.63) is 36.5 Å². The van der Waals surface area contributed by atoms with Crippen molar-refractivity contribution in [2.45, 2.75) is 76.9 Å². The van der Waals surface area contributed by atoms with Gasteiger partial charge in [0.15, 0.2) is 0 Å². The van der Waals surface area contributed by atoms with Crippen LogP contribution < -0.4 is 0 Å². The van der Waals surface area contributed by atoms with Crippen LogP contribution in [0.1, 0.15) is 64.7 Å². The summed E-state index contributed by atoms with van der Waals surface area (Å²) in [5.41, 5.74) is 1.14. The zero-order chi connectivity index (χ0) is 16.9. The molecule has 0 saturated carbocycles. The van der Waals surface area contributed by atoms with Crippen LogP contribution >= 0.6 is 0 Å². The van der Waals surface area contributed by atoms with Crippen LogP contribution in [0.5, 0.6) is 0 Å². The minimum atomic E-state index is -0.314. The molecule has 0 radical (unpaired) electrons. The van der Waals surface area contributed by atoms with Gasteiger partial charge < -0.3 is 9.47 Å². The quantitative estimate of drug-likeness (QED) is 0.284. The van der Waals surface area contributed by atoms with Crippen LogP contribution in [0.4, 0.5) is 0 Å². The first-order valence-corrected chi connectivity index (χ1v) is 8.93. The second kappa shape index (κ2) is 12.1. The summed E-state index contributed by atoms with van der Waals surface area (Å²) in [6.07, 6.45) is 16.9. The maximum absolute atomic E-state index is 12.0. The number of esters is 1. The second-order valence-corrected chi connectivity index (χ2v) is 6.12. The van der Waals surface area contributed by atoms with Gasteiger partial charge in [0, 0.05) is 13.5 Å². The second-order valence-electron chi connectivity index (χ2n) is 6.12. The van der Waals surface area contributed by atoms with Crippen molar-refractivity contribution in [1.82, 2.24) is 0 Å². The molecule has 0 spiro atoms. The van der Waals surface area contributed by atoms with Crippen LogP contribution in [-0.4, -0.2) is 25.3 Å². The molecule has 130 valence electrons. The fourth-order valence-corrected chi connectivity index (χ4v) is 2.74. The van der Waals surface area contributed by atoms with Gasteiger partial charge in [-0.3, -0.25) is 4.79 Å². The third-order valence-corrected chi connectivity index (χ3v) is 4.11. The Balaban J connectivity index is 2.23. The number of carbonyl (C=O) groups is 1. The highest BCUT2D eigenvalue weighted by Crippen LogP contribution is 2.20. The zero-order valence-corrected chi connectivity index (χ0v) is 14.8. The maximum Gasteiger partial charge on any atom is 0.306 e. The highest BCUT2D eigenvalue weighted by molar-refractivity contribution is 5.69. The lowest BCUT2D eigenvalue weighted by atomic mass is 10.00. The zero-order valence-electron chi connectivity index (χ0n) is 14.8. The van der Waals surface area contributed by atoms with Gasteiger partial charge in [0.2, 0.25) is 0 Å². The molecule has 0 aliphatic heterocycles. The highest BCUT2D eigenvalue weighted by atomic mass is 16.6. The topological polar surface area (TPSA) is 35.5 Å². The lowest BCUT2D eigenvalue weighted by Gasteiger charge is -2.24. The third-order valence-electron chi connectivity index (χ3n) is 4.11. The highest BCUT2D eigenvalue weighted by Gasteiger charge is 2.23. The van der Waals surface area contributed by atoms with Crippen LogP contribution in [0.25, 0.3) is 0 Å². The number of allylic oxidation sites excluding steroid dienone is 3. The average molecular weight is 320 g/mol. The van der Waals surface area contributed by atoms with Crippen molar-refractivity contribution in [3.8, 4) is 0 Å². The van der Waals surface area contributed by atoms with Crippen molar-refractivity contribution in [2.24, 2.45) is 0 Å². The maximum atomic E-state index is 12.0. The summed E-state index contributed by atoms with van der Waals surface area (Å²) in [6.45, 7) is 5.96. The molecule has 23 heavy (non-hydrogen) atoms. The first kappa shape index (κ1) is 19.7. The fourth-order valence-electron chi connectivity index (χ4n) is 2.74. The average Bonchev–Trinajstić information content (AvgIpc) is 2.55. The molecule has 2 unspecified atom stereocenters. The molecule has 0 aromatic heterocycles. The van der Waals surface area contributed by atoms with Gasteiger partial charge in [-0.05, 0) is 30.6 Å². The minimum Gasteiger partial charge on any atom is -0.455 e. The Hall–Kier alpha value is -1.35. The third kappa shape index (κ3) is 8.17. The molecular formula is C20H32O3. The summed E-state index contributed by atoms with van der Waals surface area (Å²) in [5, 5.41) is 0. The molecule has 2 atom stereocenters. The van der Waals surface area contributed by atoms with Crippen molar-refractivity contribution in [3.63, 3.8) is 0 Å². The Kier molecular flexibility index (Phi) is 10.4. The number of rotatable bonds is 12. The molecule has 1 aliphatic carbocycles. The van der Waals surface area contributed by atoms with E-state index in [-0.39, 0.29) is 18.2 Å². The monoisotopic (exact) mass is 320 g/mol. The Morgan fingerprint density at radius 2 is 1.87 bits per heavy atom. The predicted octanol–water partition coefficient (Wildman–Crippen LogP) is 5.13. The smallest absolute Gasteiger partial charge is 0.306 e. The van der Waals surface area contributed by atoms with E-state index in [2.05, 4.69) is 13.5 Å². The van der Waals surface area contributed by atoms with Crippen molar-refractivity contribution in [2.75, 3.05) is 7.11 Å². The SMILES string of the molecule is C=CCC1=CC(OC)C(OC(=O)CCCCCCCCC)C=C1. The van der Waals surface area contributed by atoms with E-state index in [0.717, 1.165) is 24.8 Å². The molecule has 0 fully saturated rings. The van der Waals surface area contributed by atoms with Gasteiger partial charge in [0.1, 0.15) is 12.2 Å². The number of methoxy groups -OCH3 is 1. The van der Waals surface area contributed by atoms with Crippen LogP contribution in [0, 0.1) is 0 Å². The summed E-state index contributed by atoms with van der Waals surface area (Å²) in [4.78, 5) is 12.0. The number of unbranched alkanes of at least 4 members (excludes halogenated alkanes) is 6. The van der Waals surface area contributed by atoms with E-state index in [4.69, 9.17) is 9.47 Å². The fraction of sp³-hybridized carbons (Fsp3) is 0.650.